The van der Waals surface area contributed by atoms with Gasteiger partial charge in [0.25, 0.3) is 0 Å². The third-order valence-corrected chi connectivity index (χ3v) is 5.16. The second-order valence-electron chi connectivity index (χ2n) is 5.55. The maximum absolute atomic E-state index is 11.5. The van der Waals surface area contributed by atoms with Crippen LogP contribution < -0.4 is 4.80 Å². The Bertz CT molecular complexity index is 1020. The molecule has 1 heterocycles. The largest absolute Gasteiger partial charge is 0.465 e. The summed E-state index contributed by atoms with van der Waals surface area (Å²) in [6.07, 6.45) is 1.75. The second-order valence-corrected chi connectivity index (χ2v) is 7.31. The molecule has 2 aromatic carbocycles. The number of thiazole rings is 1. The van der Waals surface area contributed by atoms with Gasteiger partial charge in [-0.3, -0.25) is 4.99 Å². The highest BCUT2D eigenvalue weighted by atomic mass is 79.9. The quantitative estimate of drug-likeness (QED) is 0.428. The van der Waals surface area contributed by atoms with Gasteiger partial charge in [0, 0.05) is 22.0 Å². The van der Waals surface area contributed by atoms with Gasteiger partial charge in [0.1, 0.15) is 0 Å². The SMILES string of the molecule is CCN=c1scc(-c2ccc(Br)cc2)n1N=Cc1ccc(C(=O)OC)cc1. The third-order valence-electron chi connectivity index (χ3n) is 3.77. The molecule has 0 N–H and O–H groups in total. The molecule has 3 rings (SSSR count). The average molecular weight is 444 g/mol. The summed E-state index contributed by atoms with van der Waals surface area (Å²) < 4.78 is 7.59. The first-order chi connectivity index (χ1) is 13.1. The molecule has 138 valence electrons. The Hall–Kier alpha value is -2.51. The lowest BCUT2D eigenvalue weighted by atomic mass is 10.1. The molecule has 0 saturated carbocycles. The fourth-order valence-corrected chi connectivity index (χ4v) is 3.59. The van der Waals surface area contributed by atoms with E-state index in [0.717, 1.165) is 26.1 Å². The first kappa shape index (κ1) is 19.3. The number of hydrogen-bond acceptors (Lipinski definition) is 5. The number of esters is 1. The molecule has 3 aromatic rings. The van der Waals surface area contributed by atoms with Crippen molar-refractivity contribution in [3.05, 3.63) is 74.3 Å². The van der Waals surface area contributed by atoms with Crippen molar-refractivity contribution in [3.8, 4) is 11.3 Å². The van der Waals surface area contributed by atoms with E-state index in [1.165, 1.54) is 7.11 Å². The fraction of sp³-hybridized carbons (Fsp3) is 0.150. The van der Waals surface area contributed by atoms with Crippen LogP contribution >= 0.6 is 27.3 Å². The van der Waals surface area contributed by atoms with E-state index >= 15 is 0 Å². The third kappa shape index (κ3) is 4.61. The van der Waals surface area contributed by atoms with Crippen LogP contribution in [0.25, 0.3) is 11.3 Å². The van der Waals surface area contributed by atoms with Gasteiger partial charge >= 0.3 is 5.97 Å². The number of methoxy groups -OCH3 is 1. The van der Waals surface area contributed by atoms with Crippen LogP contribution in [0, 0.1) is 0 Å². The smallest absolute Gasteiger partial charge is 0.337 e. The molecular formula is C20H18BrN3O2S. The zero-order chi connectivity index (χ0) is 19.2. The summed E-state index contributed by atoms with van der Waals surface area (Å²) in [5.74, 6) is -0.354. The highest BCUT2D eigenvalue weighted by Gasteiger charge is 2.08. The van der Waals surface area contributed by atoms with Crippen LogP contribution in [-0.4, -0.2) is 30.5 Å². The number of halogens is 1. The van der Waals surface area contributed by atoms with Gasteiger partial charge in [0.2, 0.25) is 4.80 Å². The summed E-state index contributed by atoms with van der Waals surface area (Å²) in [6, 6.07) is 15.2. The zero-order valence-corrected chi connectivity index (χ0v) is 17.3. The Morgan fingerprint density at radius 2 is 1.89 bits per heavy atom. The molecule has 0 spiro atoms. The predicted octanol–water partition coefficient (Wildman–Crippen LogP) is 4.57. The molecule has 0 aliphatic carbocycles. The molecule has 1 aromatic heterocycles. The van der Waals surface area contributed by atoms with Crippen LogP contribution in [0.4, 0.5) is 0 Å². The minimum Gasteiger partial charge on any atom is -0.465 e. The number of rotatable bonds is 5. The van der Waals surface area contributed by atoms with Crippen LogP contribution in [-0.2, 0) is 4.74 Å². The summed E-state index contributed by atoms with van der Waals surface area (Å²) in [4.78, 5) is 16.9. The van der Waals surface area contributed by atoms with Crippen molar-refractivity contribution in [2.45, 2.75) is 6.92 Å². The highest BCUT2D eigenvalue weighted by molar-refractivity contribution is 9.10. The van der Waals surface area contributed by atoms with Crippen molar-refractivity contribution in [2.24, 2.45) is 10.1 Å². The van der Waals surface area contributed by atoms with Gasteiger partial charge in [0.05, 0.1) is 24.6 Å². The predicted molar refractivity (Wildman–Crippen MR) is 112 cm³/mol. The first-order valence-corrected chi connectivity index (χ1v) is 9.99. The molecule has 7 heteroatoms. The standard InChI is InChI=1S/C20H18BrN3O2S/c1-3-22-20-24(18(13-27-20)15-8-10-17(21)11-9-15)23-12-14-4-6-16(7-5-14)19(25)26-2/h4-13H,3H2,1-2H3. The van der Waals surface area contributed by atoms with Crippen LogP contribution in [0.2, 0.25) is 0 Å². The van der Waals surface area contributed by atoms with Gasteiger partial charge in [-0.05, 0) is 36.8 Å². The van der Waals surface area contributed by atoms with Gasteiger partial charge in [0.15, 0.2) is 0 Å². The van der Waals surface area contributed by atoms with Crippen molar-refractivity contribution in [1.29, 1.82) is 0 Å². The van der Waals surface area contributed by atoms with E-state index < -0.39 is 0 Å². The van der Waals surface area contributed by atoms with Crippen molar-refractivity contribution >= 4 is 39.5 Å². The van der Waals surface area contributed by atoms with E-state index in [9.17, 15) is 4.79 Å². The summed E-state index contributed by atoms with van der Waals surface area (Å²) in [7, 11) is 1.37. The van der Waals surface area contributed by atoms with Gasteiger partial charge in [-0.15, -0.1) is 11.3 Å². The second kappa shape index (κ2) is 8.92. The molecule has 27 heavy (non-hydrogen) atoms. The van der Waals surface area contributed by atoms with Crippen molar-refractivity contribution in [3.63, 3.8) is 0 Å². The van der Waals surface area contributed by atoms with Crippen LogP contribution in [0.1, 0.15) is 22.8 Å². The topological polar surface area (TPSA) is 56.0 Å². The van der Waals surface area contributed by atoms with Crippen LogP contribution in [0.15, 0.2) is 68.5 Å². The number of benzene rings is 2. The fourth-order valence-electron chi connectivity index (χ4n) is 2.42. The lowest BCUT2D eigenvalue weighted by molar-refractivity contribution is 0.0600. The minimum absolute atomic E-state index is 0.354. The van der Waals surface area contributed by atoms with E-state index in [0.29, 0.717) is 12.1 Å². The summed E-state index contributed by atoms with van der Waals surface area (Å²) in [6.45, 7) is 2.68. The molecule has 0 bridgehead atoms. The lowest BCUT2D eigenvalue weighted by Crippen LogP contribution is -2.12. The van der Waals surface area contributed by atoms with Crippen molar-refractivity contribution in [2.75, 3.05) is 13.7 Å². The molecule has 0 radical (unpaired) electrons. The molecule has 5 nitrogen and oxygen atoms in total. The number of carbonyl (C=O) groups is 1. The molecule has 0 saturated heterocycles. The Morgan fingerprint density at radius 1 is 1.19 bits per heavy atom. The van der Waals surface area contributed by atoms with Crippen LogP contribution in [0.5, 0.6) is 0 Å². The molecule has 0 aliphatic rings. The maximum atomic E-state index is 11.5. The molecule has 0 atom stereocenters. The lowest BCUT2D eigenvalue weighted by Gasteiger charge is -2.04. The Kier molecular flexibility index (Phi) is 6.36. The number of ether oxygens (including phenoxy) is 1. The van der Waals surface area contributed by atoms with E-state index in [-0.39, 0.29) is 5.97 Å². The van der Waals surface area contributed by atoms with E-state index in [1.54, 1.807) is 29.7 Å². The van der Waals surface area contributed by atoms with Crippen molar-refractivity contribution in [1.82, 2.24) is 4.68 Å². The normalized spacial score (nSPS) is 11.9. The molecule has 0 amide bonds. The Morgan fingerprint density at radius 3 is 2.52 bits per heavy atom. The van der Waals surface area contributed by atoms with Gasteiger partial charge in [-0.1, -0.05) is 40.2 Å². The molecule has 0 unspecified atom stereocenters. The van der Waals surface area contributed by atoms with E-state index in [2.05, 4.69) is 31.4 Å². The average Bonchev–Trinajstić information content (AvgIpc) is 3.09. The monoisotopic (exact) mass is 443 g/mol. The minimum atomic E-state index is -0.354. The molecular weight excluding hydrogens is 426 g/mol. The Labute approximate surface area is 169 Å². The molecule has 0 fully saturated rings. The number of carbonyl (C=O) groups excluding carboxylic acids is 1. The van der Waals surface area contributed by atoms with Gasteiger partial charge in [-0.25, -0.2) is 9.47 Å². The maximum Gasteiger partial charge on any atom is 0.337 e. The highest BCUT2D eigenvalue weighted by Crippen LogP contribution is 2.22. The van der Waals surface area contributed by atoms with Crippen LogP contribution in [0.3, 0.4) is 0 Å². The molecule has 0 aliphatic heterocycles. The van der Waals surface area contributed by atoms with Gasteiger partial charge in [-0.2, -0.15) is 5.10 Å². The van der Waals surface area contributed by atoms with Gasteiger partial charge < -0.3 is 4.74 Å². The zero-order valence-electron chi connectivity index (χ0n) is 14.9. The summed E-state index contributed by atoms with van der Waals surface area (Å²) in [5.41, 5.74) is 3.42. The number of aromatic nitrogens is 1. The van der Waals surface area contributed by atoms with Crippen molar-refractivity contribution < 1.29 is 9.53 Å². The number of nitrogens with zero attached hydrogens (tertiary/aromatic N) is 3. The first-order valence-electron chi connectivity index (χ1n) is 8.32. The van der Waals surface area contributed by atoms with E-state index in [1.807, 2.05) is 48.0 Å². The van der Waals surface area contributed by atoms with E-state index in [4.69, 9.17) is 4.74 Å². The summed E-state index contributed by atoms with van der Waals surface area (Å²) >= 11 is 5.02. The summed E-state index contributed by atoms with van der Waals surface area (Å²) in [5, 5.41) is 6.68. The number of hydrogen-bond donors (Lipinski definition) is 0. The Balaban J connectivity index is 1.96.